The number of para-hydroxylation sites is 2. The smallest absolute Gasteiger partial charge is 0.258 e. The maximum absolute atomic E-state index is 13.3. The van der Waals surface area contributed by atoms with Crippen LogP contribution >= 0.6 is 23.2 Å². The number of furan rings is 1. The molecule has 2 amide bonds. The number of carbonyl (C=O) groups excluding carboxylic acids is 2. The molecule has 4 rings (SSSR count). The first kappa shape index (κ1) is 22.6. The molecule has 0 radical (unpaired) electrons. The minimum atomic E-state index is -0.438. The van der Waals surface area contributed by atoms with Crippen LogP contribution in [-0.2, 0) is 4.79 Å². The highest BCUT2D eigenvalue weighted by Crippen LogP contribution is 2.30. The monoisotopic (exact) mass is 482 g/mol. The van der Waals surface area contributed by atoms with Gasteiger partial charge in [-0.25, -0.2) is 4.68 Å². The van der Waals surface area contributed by atoms with Crippen molar-refractivity contribution in [3.63, 3.8) is 0 Å². The zero-order valence-electron chi connectivity index (χ0n) is 17.9. The van der Waals surface area contributed by atoms with E-state index < -0.39 is 5.91 Å². The quantitative estimate of drug-likeness (QED) is 0.395. The van der Waals surface area contributed by atoms with Gasteiger partial charge in [-0.15, -0.1) is 0 Å². The Labute approximate surface area is 200 Å². The van der Waals surface area contributed by atoms with E-state index in [0.29, 0.717) is 38.5 Å². The highest BCUT2D eigenvalue weighted by molar-refractivity contribution is 6.39. The molecule has 0 saturated carbocycles. The molecule has 33 heavy (non-hydrogen) atoms. The van der Waals surface area contributed by atoms with Gasteiger partial charge in [-0.3, -0.25) is 9.59 Å². The van der Waals surface area contributed by atoms with Crippen LogP contribution in [0.1, 0.15) is 16.1 Å². The second-order valence-electron chi connectivity index (χ2n) is 7.39. The Bertz CT molecular complexity index is 1290. The number of halogens is 2. The molecule has 0 saturated heterocycles. The summed E-state index contributed by atoms with van der Waals surface area (Å²) in [5, 5.41) is 7.86. The number of carbonyl (C=O) groups is 2. The lowest BCUT2D eigenvalue weighted by molar-refractivity contribution is -0.116. The van der Waals surface area contributed by atoms with Crippen LogP contribution in [-0.4, -0.2) is 40.1 Å². The average molecular weight is 483 g/mol. The lowest BCUT2D eigenvalue weighted by Crippen LogP contribution is -2.35. The maximum Gasteiger partial charge on any atom is 0.258 e. The molecule has 2 aromatic heterocycles. The van der Waals surface area contributed by atoms with Crippen LogP contribution in [0, 0.1) is 6.92 Å². The standard InChI is InChI=1S/C24H20Cl2N4O3/c1-15-11-12-20(33-15)22-17(13-30(28-22)16-7-4-3-5-8-16)24(32)29(2)14-21(31)27-23-18(25)9-6-10-19(23)26/h3-13H,14H2,1-2H3,(H,27,31). The molecule has 0 fully saturated rings. The Hall–Kier alpha value is -3.55. The summed E-state index contributed by atoms with van der Waals surface area (Å²) in [4.78, 5) is 27.2. The van der Waals surface area contributed by atoms with E-state index in [0.717, 1.165) is 5.69 Å². The summed E-state index contributed by atoms with van der Waals surface area (Å²) in [5.41, 5.74) is 1.78. The molecule has 2 aromatic carbocycles. The average Bonchev–Trinajstić information content (AvgIpc) is 3.43. The van der Waals surface area contributed by atoms with Crippen molar-refractivity contribution in [1.82, 2.24) is 14.7 Å². The van der Waals surface area contributed by atoms with Crippen molar-refractivity contribution in [1.29, 1.82) is 0 Å². The van der Waals surface area contributed by atoms with Crippen LogP contribution in [0.15, 0.2) is 71.3 Å². The number of nitrogens with one attached hydrogen (secondary N) is 1. The molecule has 168 valence electrons. The van der Waals surface area contributed by atoms with Crippen molar-refractivity contribution in [2.24, 2.45) is 0 Å². The maximum atomic E-state index is 13.3. The van der Waals surface area contributed by atoms with E-state index >= 15 is 0 Å². The molecular weight excluding hydrogens is 463 g/mol. The Morgan fingerprint density at radius 2 is 1.73 bits per heavy atom. The van der Waals surface area contributed by atoms with Gasteiger partial charge in [0.25, 0.3) is 5.91 Å². The Kier molecular flexibility index (Phi) is 6.53. The van der Waals surface area contributed by atoms with Gasteiger partial charge in [-0.2, -0.15) is 5.10 Å². The van der Waals surface area contributed by atoms with Crippen LogP contribution in [0.25, 0.3) is 17.1 Å². The lowest BCUT2D eigenvalue weighted by atomic mass is 10.2. The van der Waals surface area contributed by atoms with Crippen LogP contribution in [0.2, 0.25) is 10.0 Å². The second-order valence-corrected chi connectivity index (χ2v) is 8.20. The van der Waals surface area contributed by atoms with Gasteiger partial charge in [0.2, 0.25) is 5.91 Å². The zero-order chi connectivity index (χ0) is 23.5. The van der Waals surface area contributed by atoms with Crippen molar-refractivity contribution in [3.8, 4) is 17.1 Å². The Morgan fingerprint density at radius 3 is 2.36 bits per heavy atom. The van der Waals surface area contributed by atoms with Crippen LogP contribution in [0.4, 0.5) is 5.69 Å². The molecule has 0 unspecified atom stereocenters. The molecule has 0 bridgehead atoms. The molecule has 7 nitrogen and oxygen atoms in total. The van der Waals surface area contributed by atoms with Crippen molar-refractivity contribution in [2.45, 2.75) is 6.92 Å². The van der Waals surface area contributed by atoms with Gasteiger partial charge < -0.3 is 14.6 Å². The molecule has 0 spiro atoms. The topological polar surface area (TPSA) is 80.4 Å². The van der Waals surface area contributed by atoms with Gasteiger partial charge >= 0.3 is 0 Å². The molecule has 0 aliphatic carbocycles. The summed E-state index contributed by atoms with van der Waals surface area (Å²) in [6.45, 7) is 1.60. The molecule has 0 atom stereocenters. The number of amides is 2. The zero-order valence-corrected chi connectivity index (χ0v) is 19.4. The van der Waals surface area contributed by atoms with Crippen molar-refractivity contribution >= 4 is 40.7 Å². The highest BCUT2D eigenvalue weighted by atomic mass is 35.5. The molecule has 0 aliphatic heterocycles. The largest absolute Gasteiger partial charge is 0.460 e. The fourth-order valence-electron chi connectivity index (χ4n) is 3.28. The van der Waals surface area contributed by atoms with E-state index in [4.69, 9.17) is 27.6 Å². The van der Waals surface area contributed by atoms with Gasteiger partial charge in [0.05, 0.1) is 33.5 Å². The van der Waals surface area contributed by atoms with E-state index in [-0.39, 0.29) is 12.5 Å². The molecule has 2 heterocycles. The van der Waals surface area contributed by atoms with Gasteiger partial charge in [-0.1, -0.05) is 47.5 Å². The fraction of sp³-hybridized carbons (Fsp3) is 0.125. The number of benzene rings is 2. The van der Waals surface area contributed by atoms with Gasteiger partial charge in [-0.05, 0) is 43.3 Å². The molecule has 9 heteroatoms. The summed E-state index contributed by atoms with van der Waals surface area (Å²) >= 11 is 12.2. The van der Waals surface area contributed by atoms with Crippen molar-refractivity contribution in [3.05, 3.63) is 88.2 Å². The SMILES string of the molecule is Cc1ccc(-c2nn(-c3ccccc3)cc2C(=O)N(C)CC(=O)Nc2c(Cl)cccc2Cl)o1. The third-order valence-corrected chi connectivity index (χ3v) is 5.52. The number of nitrogens with zero attached hydrogens (tertiary/aromatic N) is 3. The highest BCUT2D eigenvalue weighted by Gasteiger charge is 2.25. The van der Waals surface area contributed by atoms with E-state index in [1.165, 1.54) is 11.9 Å². The number of anilines is 1. The minimum Gasteiger partial charge on any atom is -0.460 e. The summed E-state index contributed by atoms with van der Waals surface area (Å²) in [6.07, 6.45) is 1.63. The van der Waals surface area contributed by atoms with E-state index in [9.17, 15) is 9.59 Å². The molecule has 0 aliphatic rings. The number of aromatic nitrogens is 2. The van der Waals surface area contributed by atoms with Gasteiger partial charge in [0.15, 0.2) is 5.76 Å². The third-order valence-electron chi connectivity index (χ3n) is 4.89. The summed E-state index contributed by atoms with van der Waals surface area (Å²) in [7, 11) is 1.53. The lowest BCUT2D eigenvalue weighted by Gasteiger charge is -2.17. The number of likely N-dealkylation sites (N-methyl/N-ethyl adjacent to an activating group) is 1. The number of hydrogen-bond donors (Lipinski definition) is 1. The Morgan fingerprint density at radius 1 is 1.03 bits per heavy atom. The van der Waals surface area contributed by atoms with E-state index in [1.807, 2.05) is 37.3 Å². The first-order chi connectivity index (χ1) is 15.8. The fourth-order valence-corrected chi connectivity index (χ4v) is 3.77. The van der Waals surface area contributed by atoms with Crippen LogP contribution < -0.4 is 5.32 Å². The van der Waals surface area contributed by atoms with Crippen LogP contribution in [0.5, 0.6) is 0 Å². The van der Waals surface area contributed by atoms with Crippen molar-refractivity contribution < 1.29 is 14.0 Å². The third kappa shape index (κ3) is 4.94. The molecular formula is C24H20Cl2N4O3. The van der Waals surface area contributed by atoms with Gasteiger partial charge in [0, 0.05) is 13.2 Å². The van der Waals surface area contributed by atoms with Gasteiger partial charge in [0.1, 0.15) is 11.5 Å². The molecule has 1 N–H and O–H groups in total. The Balaban J connectivity index is 1.60. The minimum absolute atomic E-state index is 0.215. The van der Waals surface area contributed by atoms with Crippen LogP contribution in [0.3, 0.4) is 0 Å². The summed E-state index contributed by atoms with van der Waals surface area (Å²) in [6, 6.07) is 17.9. The first-order valence-electron chi connectivity index (χ1n) is 10.0. The molecule has 4 aromatic rings. The van der Waals surface area contributed by atoms with E-state index in [2.05, 4.69) is 10.4 Å². The summed E-state index contributed by atoms with van der Waals surface area (Å²) < 4.78 is 7.33. The predicted octanol–water partition coefficient (Wildman–Crippen LogP) is 5.46. The predicted molar refractivity (Wildman–Crippen MR) is 128 cm³/mol. The normalized spacial score (nSPS) is 10.8. The van der Waals surface area contributed by atoms with Crippen molar-refractivity contribution in [2.75, 3.05) is 18.9 Å². The number of hydrogen-bond acceptors (Lipinski definition) is 4. The number of rotatable bonds is 6. The first-order valence-corrected chi connectivity index (χ1v) is 10.8. The number of aryl methyl sites for hydroxylation is 1. The summed E-state index contributed by atoms with van der Waals surface area (Å²) in [5.74, 6) is 0.335. The second kappa shape index (κ2) is 9.52. The van der Waals surface area contributed by atoms with E-state index in [1.54, 1.807) is 41.2 Å².